The molecule has 0 spiro atoms. The van der Waals surface area contributed by atoms with E-state index >= 15 is 0 Å². The quantitative estimate of drug-likeness (QED) is 0.469. The van der Waals surface area contributed by atoms with Crippen molar-refractivity contribution in [2.45, 2.75) is 70.7 Å². The highest BCUT2D eigenvalue weighted by molar-refractivity contribution is 9.11. The highest BCUT2D eigenvalue weighted by Gasteiger charge is 2.41. The SMILES string of the molecule is COC(=O)CCC[C@@](C)(/C=C/Br)O[Si](C)(C)C(C)(C)C. The minimum atomic E-state index is -1.85. The summed E-state index contributed by atoms with van der Waals surface area (Å²) in [5.41, 5.74) is -0.347. The van der Waals surface area contributed by atoms with E-state index in [4.69, 9.17) is 4.43 Å². The highest BCUT2D eigenvalue weighted by atomic mass is 79.9. The Morgan fingerprint density at radius 1 is 1.25 bits per heavy atom. The van der Waals surface area contributed by atoms with Gasteiger partial charge in [0.2, 0.25) is 0 Å². The van der Waals surface area contributed by atoms with E-state index in [-0.39, 0.29) is 16.6 Å². The van der Waals surface area contributed by atoms with Crippen LogP contribution in [0.15, 0.2) is 11.1 Å². The Hall–Kier alpha value is -0.133. The molecule has 0 aromatic heterocycles. The summed E-state index contributed by atoms with van der Waals surface area (Å²) in [4.78, 5) is 13.1. The molecule has 0 bridgehead atoms. The Morgan fingerprint density at radius 2 is 1.80 bits per heavy atom. The molecule has 0 saturated carbocycles. The average molecular weight is 365 g/mol. The van der Waals surface area contributed by atoms with Crippen molar-refractivity contribution in [3.63, 3.8) is 0 Å². The predicted molar refractivity (Wildman–Crippen MR) is 90.6 cm³/mol. The molecule has 0 heterocycles. The molecular weight excluding hydrogens is 336 g/mol. The predicted octanol–water partition coefficient (Wildman–Crippen LogP) is 5.02. The Labute approximate surface area is 133 Å². The van der Waals surface area contributed by atoms with Gasteiger partial charge < -0.3 is 9.16 Å². The number of esters is 1. The Kier molecular flexibility index (Phi) is 7.70. The van der Waals surface area contributed by atoms with E-state index in [1.165, 1.54) is 7.11 Å². The maximum atomic E-state index is 11.2. The van der Waals surface area contributed by atoms with Crippen molar-refractivity contribution in [1.82, 2.24) is 0 Å². The molecule has 5 heteroatoms. The molecule has 0 aliphatic carbocycles. The number of carbonyl (C=O) groups is 1. The molecule has 0 N–H and O–H groups in total. The van der Waals surface area contributed by atoms with Crippen molar-refractivity contribution in [2.75, 3.05) is 7.11 Å². The normalized spacial score (nSPS) is 16.2. The third-order valence-corrected chi connectivity index (χ3v) is 8.85. The Balaban J connectivity index is 4.81. The second kappa shape index (κ2) is 7.76. The second-order valence-corrected chi connectivity index (χ2v) is 12.2. The minimum absolute atomic E-state index is 0.163. The van der Waals surface area contributed by atoms with Crippen LogP contribution in [0.4, 0.5) is 0 Å². The van der Waals surface area contributed by atoms with Gasteiger partial charge in [-0.25, -0.2) is 0 Å². The summed E-state index contributed by atoms with van der Waals surface area (Å²) < 4.78 is 11.2. The van der Waals surface area contributed by atoms with Gasteiger partial charge in [-0.15, -0.1) is 0 Å². The number of hydrogen-bond acceptors (Lipinski definition) is 3. The monoisotopic (exact) mass is 364 g/mol. The lowest BCUT2D eigenvalue weighted by molar-refractivity contribution is -0.140. The van der Waals surface area contributed by atoms with Crippen LogP contribution in [0.25, 0.3) is 0 Å². The topological polar surface area (TPSA) is 35.5 Å². The van der Waals surface area contributed by atoms with Gasteiger partial charge in [-0.2, -0.15) is 0 Å². The summed E-state index contributed by atoms with van der Waals surface area (Å²) in [6.07, 6.45) is 4.03. The van der Waals surface area contributed by atoms with Gasteiger partial charge in [-0.3, -0.25) is 4.79 Å². The van der Waals surface area contributed by atoms with Crippen LogP contribution < -0.4 is 0 Å². The van der Waals surface area contributed by atoms with Gasteiger partial charge in [0, 0.05) is 6.42 Å². The van der Waals surface area contributed by atoms with Crippen LogP contribution in [-0.2, 0) is 14.0 Å². The first-order chi connectivity index (χ1) is 8.97. The molecule has 20 heavy (non-hydrogen) atoms. The zero-order valence-corrected chi connectivity index (χ0v) is 16.5. The molecule has 118 valence electrons. The maximum Gasteiger partial charge on any atom is 0.305 e. The molecule has 0 fully saturated rings. The van der Waals surface area contributed by atoms with E-state index in [2.05, 4.69) is 61.5 Å². The lowest BCUT2D eigenvalue weighted by atomic mass is 9.99. The largest absolute Gasteiger partial charge is 0.469 e. The molecule has 1 atom stereocenters. The van der Waals surface area contributed by atoms with E-state index in [9.17, 15) is 4.79 Å². The lowest BCUT2D eigenvalue weighted by Gasteiger charge is -2.43. The van der Waals surface area contributed by atoms with Crippen LogP contribution in [-0.4, -0.2) is 27.0 Å². The fourth-order valence-corrected chi connectivity index (χ4v) is 3.92. The number of methoxy groups -OCH3 is 1. The molecule has 0 saturated heterocycles. The van der Waals surface area contributed by atoms with E-state index < -0.39 is 8.32 Å². The van der Waals surface area contributed by atoms with Crippen molar-refractivity contribution < 1.29 is 14.0 Å². The van der Waals surface area contributed by atoms with Gasteiger partial charge in [-0.05, 0) is 49.0 Å². The van der Waals surface area contributed by atoms with Gasteiger partial charge in [0.15, 0.2) is 8.32 Å². The van der Waals surface area contributed by atoms with Crippen LogP contribution in [0.3, 0.4) is 0 Å². The smallest absolute Gasteiger partial charge is 0.305 e. The number of hydrogen-bond donors (Lipinski definition) is 0. The van der Waals surface area contributed by atoms with Gasteiger partial charge in [0.05, 0.1) is 12.7 Å². The number of ether oxygens (including phenoxy) is 1. The third kappa shape index (κ3) is 6.55. The second-order valence-electron chi connectivity index (χ2n) is 6.90. The van der Waals surface area contributed by atoms with Crippen molar-refractivity contribution in [1.29, 1.82) is 0 Å². The maximum absolute atomic E-state index is 11.2. The first kappa shape index (κ1) is 19.9. The van der Waals surface area contributed by atoms with Gasteiger partial charge in [0.25, 0.3) is 0 Å². The lowest BCUT2D eigenvalue weighted by Crippen LogP contribution is -2.47. The molecule has 3 nitrogen and oxygen atoms in total. The standard InChI is InChI=1S/C15H29BrO3Si/c1-14(2,3)20(6,7)19-15(4,11-12-16)10-8-9-13(17)18-5/h11-12H,8-10H2,1-7H3/b12-11+/t15-/m0/s1. The fourth-order valence-electron chi connectivity index (χ4n) is 1.72. The average Bonchev–Trinajstić information content (AvgIpc) is 2.26. The van der Waals surface area contributed by atoms with Crippen molar-refractivity contribution in [3.05, 3.63) is 11.1 Å². The summed E-state index contributed by atoms with van der Waals surface area (Å²) in [6.45, 7) is 13.3. The molecule has 0 rings (SSSR count). The zero-order valence-electron chi connectivity index (χ0n) is 13.9. The van der Waals surface area contributed by atoms with Crippen LogP contribution >= 0.6 is 15.9 Å². The van der Waals surface area contributed by atoms with Gasteiger partial charge in [-0.1, -0.05) is 36.7 Å². The van der Waals surface area contributed by atoms with E-state index in [1.54, 1.807) is 0 Å². The first-order valence-corrected chi connectivity index (χ1v) is 10.8. The van der Waals surface area contributed by atoms with Gasteiger partial charge >= 0.3 is 5.97 Å². The molecule has 0 amide bonds. The summed E-state index contributed by atoms with van der Waals surface area (Å²) in [5.74, 6) is -0.164. The van der Waals surface area contributed by atoms with E-state index in [1.807, 2.05) is 11.1 Å². The molecule has 0 unspecified atom stereocenters. The highest BCUT2D eigenvalue weighted by Crippen LogP contribution is 2.40. The summed E-state index contributed by atoms with van der Waals surface area (Å²) >= 11 is 3.34. The molecule has 0 radical (unpaired) electrons. The fraction of sp³-hybridized carbons (Fsp3) is 0.800. The van der Waals surface area contributed by atoms with Gasteiger partial charge in [0.1, 0.15) is 0 Å². The van der Waals surface area contributed by atoms with Crippen LogP contribution in [0.2, 0.25) is 18.1 Å². The van der Waals surface area contributed by atoms with E-state index in [0.29, 0.717) is 6.42 Å². The van der Waals surface area contributed by atoms with Crippen LogP contribution in [0, 0.1) is 0 Å². The number of halogens is 1. The Morgan fingerprint density at radius 3 is 2.20 bits per heavy atom. The molecule has 0 aliphatic heterocycles. The van der Waals surface area contributed by atoms with Crippen molar-refractivity contribution in [3.8, 4) is 0 Å². The van der Waals surface area contributed by atoms with Crippen molar-refractivity contribution >= 4 is 30.2 Å². The molecule has 0 aliphatic rings. The summed E-state index contributed by atoms with van der Waals surface area (Å²) in [7, 11) is -0.429. The number of rotatable bonds is 7. The van der Waals surface area contributed by atoms with Crippen LogP contribution in [0.5, 0.6) is 0 Å². The van der Waals surface area contributed by atoms with Crippen LogP contribution in [0.1, 0.15) is 47.0 Å². The molecule has 0 aromatic carbocycles. The molecule has 0 aromatic rings. The summed E-state index contributed by atoms with van der Waals surface area (Å²) in [6, 6.07) is 0. The molecular formula is C15H29BrO3Si. The first-order valence-electron chi connectivity index (χ1n) is 7.02. The van der Waals surface area contributed by atoms with E-state index in [0.717, 1.165) is 12.8 Å². The Bertz CT molecular complexity index is 348. The zero-order chi connectivity index (χ0) is 16.0. The third-order valence-electron chi connectivity index (χ3n) is 3.99. The number of carbonyl (C=O) groups excluding carboxylic acids is 1. The summed E-state index contributed by atoms with van der Waals surface area (Å²) in [5, 5.41) is 0.163. The minimum Gasteiger partial charge on any atom is -0.469 e. The van der Waals surface area contributed by atoms with Crippen molar-refractivity contribution in [2.24, 2.45) is 0 Å².